The van der Waals surface area contributed by atoms with Gasteiger partial charge in [0.25, 0.3) is 5.91 Å². The zero-order valence-electron chi connectivity index (χ0n) is 18.6. The summed E-state index contributed by atoms with van der Waals surface area (Å²) in [5.41, 5.74) is 3.57. The Hall–Kier alpha value is -2.35. The topological polar surface area (TPSA) is 36.0 Å². The highest BCUT2D eigenvalue weighted by Crippen LogP contribution is 2.33. The van der Waals surface area contributed by atoms with Crippen LogP contribution >= 0.6 is 24.0 Å². The number of hydrogen-bond donors (Lipinski definition) is 0. The number of para-hydroxylation sites is 1. The van der Waals surface area contributed by atoms with E-state index in [1.807, 2.05) is 30.3 Å². The van der Waals surface area contributed by atoms with E-state index in [9.17, 15) is 4.79 Å². The lowest BCUT2D eigenvalue weighted by atomic mass is 10.1. The minimum atomic E-state index is -0.00681. The summed E-state index contributed by atoms with van der Waals surface area (Å²) in [6.45, 7) is 9.20. The molecule has 2 aliphatic heterocycles. The van der Waals surface area contributed by atoms with E-state index in [0.29, 0.717) is 22.5 Å². The molecule has 2 aromatic carbocycles. The minimum absolute atomic E-state index is 0.00681. The zero-order chi connectivity index (χ0) is 22.5. The van der Waals surface area contributed by atoms with Gasteiger partial charge in [-0.2, -0.15) is 0 Å². The van der Waals surface area contributed by atoms with Crippen LogP contribution in [-0.4, -0.2) is 59.5 Å². The lowest BCUT2D eigenvalue weighted by molar-refractivity contribution is -0.123. The van der Waals surface area contributed by atoms with Crippen LogP contribution in [0.5, 0.6) is 5.75 Å². The van der Waals surface area contributed by atoms with Crippen molar-refractivity contribution in [1.29, 1.82) is 0 Å². The molecular formula is C25H29N3O2S2. The van der Waals surface area contributed by atoms with E-state index in [2.05, 4.69) is 47.9 Å². The van der Waals surface area contributed by atoms with Crippen molar-refractivity contribution in [2.75, 3.05) is 44.4 Å². The van der Waals surface area contributed by atoms with Crippen molar-refractivity contribution in [3.63, 3.8) is 0 Å². The monoisotopic (exact) mass is 467 g/mol. The fourth-order valence-corrected chi connectivity index (χ4v) is 5.14. The van der Waals surface area contributed by atoms with Gasteiger partial charge in [0.05, 0.1) is 18.2 Å². The van der Waals surface area contributed by atoms with Gasteiger partial charge in [-0.05, 0) is 48.7 Å². The van der Waals surface area contributed by atoms with Crippen molar-refractivity contribution in [3.05, 3.63) is 64.6 Å². The number of thiocarbonyl (C=S) groups is 1. The number of thioether (sulfide) groups is 1. The first-order valence-electron chi connectivity index (χ1n) is 11.1. The fourth-order valence-electron chi connectivity index (χ4n) is 3.90. The van der Waals surface area contributed by atoms with Crippen LogP contribution in [0, 0.1) is 6.92 Å². The SMILES string of the molecule is CCCOc1ccc(/C=C2\SC(=S)N(CN3CCN(c4ccccc4C)CC3)C2=O)cc1. The van der Waals surface area contributed by atoms with Gasteiger partial charge in [0, 0.05) is 31.9 Å². The predicted octanol–water partition coefficient (Wildman–Crippen LogP) is 4.76. The van der Waals surface area contributed by atoms with Gasteiger partial charge in [0.2, 0.25) is 0 Å². The molecule has 1 amide bonds. The van der Waals surface area contributed by atoms with Crippen LogP contribution in [0.4, 0.5) is 5.69 Å². The third kappa shape index (κ3) is 5.34. The van der Waals surface area contributed by atoms with Crippen molar-refractivity contribution >= 4 is 46.0 Å². The number of aryl methyl sites for hydroxylation is 1. The Morgan fingerprint density at radius 1 is 1.06 bits per heavy atom. The highest BCUT2D eigenvalue weighted by Gasteiger charge is 2.33. The summed E-state index contributed by atoms with van der Waals surface area (Å²) >= 11 is 6.92. The van der Waals surface area contributed by atoms with Gasteiger partial charge in [0.15, 0.2) is 0 Å². The summed E-state index contributed by atoms with van der Waals surface area (Å²) in [5, 5.41) is 0. The Balaban J connectivity index is 1.34. The van der Waals surface area contributed by atoms with E-state index in [0.717, 1.165) is 43.9 Å². The summed E-state index contributed by atoms with van der Waals surface area (Å²) in [4.78, 5) is 20.2. The lowest BCUT2D eigenvalue weighted by Crippen LogP contribution is -2.51. The molecule has 2 fully saturated rings. The molecule has 2 aliphatic rings. The Bertz CT molecular complexity index is 999. The van der Waals surface area contributed by atoms with Gasteiger partial charge >= 0.3 is 0 Å². The van der Waals surface area contributed by atoms with E-state index in [1.54, 1.807) is 4.90 Å². The van der Waals surface area contributed by atoms with E-state index >= 15 is 0 Å². The molecule has 4 rings (SSSR count). The summed E-state index contributed by atoms with van der Waals surface area (Å²) < 4.78 is 6.26. The predicted molar refractivity (Wildman–Crippen MR) is 137 cm³/mol. The van der Waals surface area contributed by atoms with Crippen LogP contribution in [0.1, 0.15) is 24.5 Å². The molecule has 0 aromatic heterocycles. The normalized spacial score (nSPS) is 18.6. The first kappa shape index (κ1) is 22.8. The molecule has 0 atom stereocenters. The van der Waals surface area contributed by atoms with Gasteiger partial charge < -0.3 is 9.64 Å². The zero-order valence-corrected chi connectivity index (χ0v) is 20.3. The quantitative estimate of drug-likeness (QED) is 0.431. The second kappa shape index (κ2) is 10.5. The largest absolute Gasteiger partial charge is 0.494 e. The van der Waals surface area contributed by atoms with Gasteiger partial charge in [-0.3, -0.25) is 14.6 Å². The van der Waals surface area contributed by atoms with Crippen LogP contribution < -0.4 is 9.64 Å². The van der Waals surface area contributed by atoms with Crippen LogP contribution in [0.2, 0.25) is 0 Å². The number of hydrogen-bond acceptors (Lipinski definition) is 6. The number of piperazine rings is 1. The number of nitrogens with zero attached hydrogens (tertiary/aromatic N) is 3. The molecule has 32 heavy (non-hydrogen) atoms. The van der Waals surface area contributed by atoms with Crippen molar-refractivity contribution in [2.24, 2.45) is 0 Å². The summed E-state index contributed by atoms with van der Waals surface area (Å²) in [6.07, 6.45) is 2.89. The lowest BCUT2D eigenvalue weighted by Gasteiger charge is -2.38. The summed E-state index contributed by atoms with van der Waals surface area (Å²) in [6, 6.07) is 16.3. The van der Waals surface area contributed by atoms with Crippen LogP contribution in [-0.2, 0) is 4.79 Å². The molecular weight excluding hydrogens is 438 g/mol. The van der Waals surface area contributed by atoms with Gasteiger partial charge in [-0.15, -0.1) is 0 Å². The van der Waals surface area contributed by atoms with E-state index in [-0.39, 0.29) is 5.91 Å². The number of benzene rings is 2. The average molecular weight is 468 g/mol. The number of ether oxygens (including phenoxy) is 1. The smallest absolute Gasteiger partial charge is 0.267 e. The Morgan fingerprint density at radius 3 is 2.47 bits per heavy atom. The Labute approximate surface area is 200 Å². The number of amides is 1. The van der Waals surface area contributed by atoms with E-state index in [1.165, 1.54) is 23.0 Å². The Morgan fingerprint density at radius 2 is 1.78 bits per heavy atom. The molecule has 0 radical (unpaired) electrons. The van der Waals surface area contributed by atoms with Crippen molar-refractivity contribution in [3.8, 4) is 5.75 Å². The van der Waals surface area contributed by atoms with Crippen molar-refractivity contribution in [2.45, 2.75) is 20.3 Å². The molecule has 0 saturated carbocycles. The Kier molecular flexibility index (Phi) is 7.50. The van der Waals surface area contributed by atoms with E-state index in [4.69, 9.17) is 17.0 Å². The van der Waals surface area contributed by atoms with E-state index < -0.39 is 0 Å². The second-order valence-corrected chi connectivity index (χ2v) is 9.74. The molecule has 0 spiro atoms. The minimum Gasteiger partial charge on any atom is -0.494 e. The molecule has 2 aromatic rings. The summed E-state index contributed by atoms with van der Waals surface area (Å²) in [5.74, 6) is 0.842. The van der Waals surface area contributed by atoms with Crippen LogP contribution in [0.15, 0.2) is 53.4 Å². The van der Waals surface area contributed by atoms with Crippen molar-refractivity contribution in [1.82, 2.24) is 9.80 Å². The number of anilines is 1. The van der Waals surface area contributed by atoms with Crippen LogP contribution in [0.25, 0.3) is 6.08 Å². The molecule has 168 valence electrons. The second-order valence-electron chi connectivity index (χ2n) is 8.06. The number of carbonyl (C=O) groups excluding carboxylic acids is 1. The molecule has 2 heterocycles. The molecule has 5 nitrogen and oxygen atoms in total. The molecule has 0 N–H and O–H groups in total. The molecule has 0 bridgehead atoms. The fraction of sp³-hybridized carbons (Fsp3) is 0.360. The number of rotatable bonds is 7. The molecule has 0 aliphatic carbocycles. The van der Waals surface area contributed by atoms with Crippen molar-refractivity contribution < 1.29 is 9.53 Å². The third-order valence-corrected chi connectivity index (χ3v) is 7.07. The molecule has 2 saturated heterocycles. The maximum absolute atomic E-state index is 13.0. The maximum atomic E-state index is 13.0. The molecule has 0 unspecified atom stereocenters. The van der Waals surface area contributed by atoms with Gasteiger partial charge in [-0.1, -0.05) is 61.2 Å². The maximum Gasteiger partial charge on any atom is 0.267 e. The average Bonchev–Trinajstić information content (AvgIpc) is 3.07. The third-order valence-electron chi connectivity index (χ3n) is 5.69. The summed E-state index contributed by atoms with van der Waals surface area (Å²) in [7, 11) is 0. The highest BCUT2D eigenvalue weighted by atomic mass is 32.2. The highest BCUT2D eigenvalue weighted by molar-refractivity contribution is 8.26. The van der Waals surface area contributed by atoms with Crippen LogP contribution in [0.3, 0.4) is 0 Å². The standard InChI is InChI=1S/C25H29N3O2S2/c1-3-16-30-21-10-8-20(9-11-21)17-23-24(29)28(25(31)32-23)18-26-12-14-27(15-13-26)22-7-5-4-6-19(22)2/h4-11,17H,3,12-16,18H2,1-2H3/b23-17-. The first-order valence-corrected chi connectivity index (χ1v) is 12.3. The molecule has 7 heteroatoms. The van der Waals surface area contributed by atoms with Gasteiger partial charge in [0.1, 0.15) is 10.1 Å². The van der Waals surface area contributed by atoms with Gasteiger partial charge in [-0.25, -0.2) is 0 Å². The first-order chi connectivity index (χ1) is 15.5. The number of carbonyl (C=O) groups is 1.